The number of nitrogens with zero attached hydrogens (tertiary/aromatic N) is 1. The lowest BCUT2D eigenvalue weighted by Gasteiger charge is -2.20. The van der Waals surface area contributed by atoms with Gasteiger partial charge in [-0.2, -0.15) is 0 Å². The van der Waals surface area contributed by atoms with Crippen molar-refractivity contribution in [3.63, 3.8) is 0 Å². The maximum Gasteiger partial charge on any atom is 0.0702 e. The van der Waals surface area contributed by atoms with Crippen LogP contribution < -0.4 is 0 Å². The van der Waals surface area contributed by atoms with Crippen LogP contribution >= 0.6 is 0 Å². The second-order valence-corrected chi connectivity index (χ2v) is 7.88. The molecule has 0 amide bonds. The molecular weight excluding hydrogens is 374 g/mol. The molecule has 6 aromatic rings. The van der Waals surface area contributed by atoms with Gasteiger partial charge in [0.25, 0.3) is 0 Å². The number of rotatable bonds is 3. The molecule has 31 heavy (non-hydrogen) atoms. The Balaban J connectivity index is 1.64. The predicted octanol–water partition coefficient (Wildman–Crippen LogP) is 7.56. The SMILES string of the molecule is c1ccc2cc([C](c3cnc4ccccc4c3)c3cccc4ccccc34)ccc2c1. The quantitative estimate of drug-likeness (QED) is 0.302. The lowest BCUT2D eigenvalue weighted by Crippen LogP contribution is -2.06. The van der Waals surface area contributed by atoms with Crippen LogP contribution in [-0.2, 0) is 0 Å². The molecule has 0 bridgehead atoms. The van der Waals surface area contributed by atoms with Gasteiger partial charge >= 0.3 is 0 Å². The predicted molar refractivity (Wildman–Crippen MR) is 130 cm³/mol. The third-order valence-electron chi connectivity index (χ3n) is 5.98. The fourth-order valence-electron chi connectivity index (χ4n) is 4.47. The zero-order chi connectivity index (χ0) is 20.6. The van der Waals surface area contributed by atoms with Gasteiger partial charge in [0.15, 0.2) is 0 Å². The number of pyridine rings is 1. The first-order chi connectivity index (χ1) is 15.4. The Morgan fingerprint density at radius 1 is 0.484 bits per heavy atom. The van der Waals surface area contributed by atoms with Crippen molar-refractivity contribution in [2.75, 3.05) is 0 Å². The van der Waals surface area contributed by atoms with Crippen LogP contribution in [0.3, 0.4) is 0 Å². The summed E-state index contributed by atoms with van der Waals surface area (Å²) in [5, 5.41) is 6.14. The van der Waals surface area contributed by atoms with Crippen molar-refractivity contribution >= 4 is 32.4 Å². The number of hydrogen-bond donors (Lipinski definition) is 0. The Morgan fingerprint density at radius 3 is 2.06 bits per heavy atom. The first-order valence-electron chi connectivity index (χ1n) is 10.6. The molecular formula is C30H20N. The molecule has 1 nitrogen and oxygen atoms in total. The second-order valence-electron chi connectivity index (χ2n) is 7.88. The molecule has 0 aliphatic rings. The maximum atomic E-state index is 4.77. The molecule has 1 radical (unpaired) electrons. The van der Waals surface area contributed by atoms with Gasteiger partial charge in [0.1, 0.15) is 0 Å². The Morgan fingerprint density at radius 2 is 1.16 bits per heavy atom. The molecule has 0 saturated carbocycles. The third-order valence-corrected chi connectivity index (χ3v) is 5.98. The second kappa shape index (κ2) is 7.37. The van der Waals surface area contributed by atoms with Crippen molar-refractivity contribution in [1.82, 2.24) is 4.98 Å². The van der Waals surface area contributed by atoms with Crippen molar-refractivity contribution in [2.45, 2.75) is 0 Å². The minimum Gasteiger partial charge on any atom is -0.256 e. The normalized spacial score (nSPS) is 11.5. The van der Waals surface area contributed by atoms with Gasteiger partial charge in [0.05, 0.1) is 11.4 Å². The van der Waals surface area contributed by atoms with E-state index >= 15 is 0 Å². The molecule has 1 heterocycles. The van der Waals surface area contributed by atoms with Crippen molar-refractivity contribution < 1.29 is 0 Å². The lowest BCUT2D eigenvalue weighted by atomic mass is 9.82. The molecule has 0 fully saturated rings. The molecule has 5 aromatic carbocycles. The topological polar surface area (TPSA) is 12.9 Å². The Hall–Kier alpha value is -3.97. The van der Waals surface area contributed by atoms with Crippen molar-refractivity contribution in [1.29, 1.82) is 0 Å². The molecule has 0 unspecified atom stereocenters. The largest absolute Gasteiger partial charge is 0.256 e. The Bertz CT molecular complexity index is 1460. The summed E-state index contributed by atoms with van der Waals surface area (Å²) in [6.45, 7) is 0. The Kier molecular flexibility index (Phi) is 4.25. The minimum atomic E-state index is 1.02. The minimum absolute atomic E-state index is 1.02. The highest BCUT2D eigenvalue weighted by Gasteiger charge is 2.21. The van der Waals surface area contributed by atoms with Crippen LogP contribution in [0.5, 0.6) is 0 Å². The molecule has 0 aliphatic carbocycles. The van der Waals surface area contributed by atoms with Crippen LogP contribution in [-0.4, -0.2) is 4.98 Å². The summed E-state index contributed by atoms with van der Waals surface area (Å²) in [6.07, 6.45) is 2.01. The molecule has 6 rings (SSSR count). The highest BCUT2D eigenvalue weighted by atomic mass is 14.7. The van der Waals surface area contributed by atoms with Crippen LogP contribution in [0.1, 0.15) is 16.7 Å². The van der Waals surface area contributed by atoms with Gasteiger partial charge in [-0.1, -0.05) is 97.1 Å². The van der Waals surface area contributed by atoms with Gasteiger partial charge in [-0.05, 0) is 56.4 Å². The zero-order valence-electron chi connectivity index (χ0n) is 17.0. The van der Waals surface area contributed by atoms with Gasteiger partial charge in [-0.15, -0.1) is 0 Å². The molecule has 0 N–H and O–H groups in total. The fourth-order valence-corrected chi connectivity index (χ4v) is 4.47. The average Bonchev–Trinajstić information content (AvgIpc) is 2.84. The summed E-state index contributed by atoms with van der Waals surface area (Å²) in [6, 6.07) is 41.0. The van der Waals surface area contributed by atoms with Crippen LogP contribution in [0.4, 0.5) is 0 Å². The number of fused-ring (bicyclic) bond motifs is 3. The molecule has 0 aliphatic heterocycles. The summed E-state index contributed by atoms with van der Waals surface area (Å²) < 4.78 is 0. The molecule has 0 spiro atoms. The summed E-state index contributed by atoms with van der Waals surface area (Å²) in [5.74, 6) is 1.21. The van der Waals surface area contributed by atoms with Crippen molar-refractivity contribution in [3.05, 3.63) is 144 Å². The van der Waals surface area contributed by atoms with Gasteiger partial charge < -0.3 is 0 Å². The monoisotopic (exact) mass is 394 g/mol. The van der Waals surface area contributed by atoms with E-state index in [1.54, 1.807) is 0 Å². The summed E-state index contributed by atoms with van der Waals surface area (Å²) in [7, 11) is 0. The maximum absolute atomic E-state index is 4.77. The number of para-hydroxylation sites is 1. The summed E-state index contributed by atoms with van der Waals surface area (Å²) in [4.78, 5) is 4.77. The molecule has 1 heteroatoms. The third kappa shape index (κ3) is 3.15. The summed E-state index contributed by atoms with van der Waals surface area (Å²) in [5.41, 5.74) is 4.57. The van der Waals surface area contributed by atoms with E-state index in [0.29, 0.717) is 0 Å². The van der Waals surface area contributed by atoms with E-state index < -0.39 is 0 Å². The van der Waals surface area contributed by atoms with Crippen LogP contribution in [0.2, 0.25) is 0 Å². The van der Waals surface area contributed by atoms with Gasteiger partial charge in [-0.3, -0.25) is 4.98 Å². The molecule has 0 atom stereocenters. The summed E-state index contributed by atoms with van der Waals surface area (Å²) >= 11 is 0. The van der Waals surface area contributed by atoms with Crippen molar-refractivity contribution in [2.24, 2.45) is 0 Å². The smallest absolute Gasteiger partial charge is 0.0702 e. The standard InChI is InChI=1S/C30H20N/c1-2-10-23-18-25(17-16-21(23)8-1)30(26-19-24-11-4-6-15-29(24)31-20-26)28-14-7-12-22-9-3-5-13-27(22)28/h1-20H. The highest BCUT2D eigenvalue weighted by molar-refractivity contribution is 5.91. The van der Waals surface area contributed by atoms with Crippen LogP contribution in [0, 0.1) is 5.92 Å². The first kappa shape index (κ1) is 17.9. The average molecular weight is 394 g/mol. The molecule has 1 aromatic heterocycles. The number of benzene rings is 5. The Labute approximate surface area is 181 Å². The van der Waals surface area contributed by atoms with Gasteiger partial charge in [0, 0.05) is 11.6 Å². The highest BCUT2D eigenvalue weighted by Crippen LogP contribution is 2.37. The lowest BCUT2D eigenvalue weighted by molar-refractivity contribution is 1.22. The van der Waals surface area contributed by atoms with E-state index in [0.717, 1.165) is 16.5 Å². The van der Waals surface area contributed by atoms with Crippen molar-refractivity contribution in [3.8, 4) is 0 Å². The van der Waals surface area contributed by atoms with E-state index in [9.17, 15) is 0 Å². The van der Waals surface area contributed by atoms with E-state index in [-0.39, 0.29) is 0 Å². The molecule has 145 valence electrons. The van der Waals surface area contributed by atoms with E-state index in [2.05, 4.69) is 109 Å². The number of aromatic nitrogens is 1. The zero-order valence-corrected chi connectivity index (χ0v) is 17.0. The van der Waals surface area contributed by atoms with Gasteiger partial charge in [0.2, 0.25) is 0 Å². The molecule has 0 saturated heterocycles. The van der Waals surface area contributed by atoms with Crippen LogP contribution in [0.15, 0.2) is 121 Å². The van der Waals surface area contributed by atoms with E-state index in [4.69, 9.17) is 4.98 Å². The fraction of sp³-hybridized carbons (Fsp3) is 0. The first-order valence-corrected chi connectivity index (χ1v) is 10.6. The number of hydrogen-bond acceptors (Lipinski definition) is 1. The van der Waals surface area contributed by atoms with E-state index in [1.807, 2.05) is 12.3 Å². The van der Waals surface area contributed by atoms with E-state index in [1.165, 1.54) is 38.6 Å². The van der Waals surface area contributed by atoms with Gasteiger partial charge in [-0.25, -0.2) is 0 Å². The van der Waals surface area contributed by atoms with Crippen LogP contribution in [0.25, 0.3) is 32.4 Å².